The number of oxazole rings is 1. The van der Waals surface area contributed by atoms with Crippen LogP contribution >= 0.6 is 11.3 Å². The molecular weight excluding hydrogens is 396 g/mol. The Morgan fingerprint density at radius 2 is 2.10 bits per heavy atom. The highest BCUT2D eigenvalue weighted by Gasteiger charge is 2.23. The average molecular weight is 412 g/mol. The molecule has 4 rings (SSSR count). The normalized spacial score (nSPS) is 12.3. The first-order valence-corrected chi connectivity index (χ1v) is 9.55. The number of nitrogens with zero attached hydrogens (tertiary/aromatic N) is 4. The topological polar surface area (TPSA) is 111 Å². The molecule has 0 saturated carbocycles. The number of hydrogen-bond acceptors (Lipinski definition) is 7. The van der Waals surface area contributed by atoms with Crippen LogP contribution < -0.4 is 5.76 Å². The van der Waals surface area contributed by atoms with Crippen LogP contribution in [-0.4, -0.2) is 32.3 Å². The van der Waals surface area contributed by atoms with Crippen LogP contribution in [-0.2, 0) is 11.3 Å². The number of carbonyl (C=O) groups excluding carboxylic acids is 1. The fourth-order valence-electron chi connectivity index (χ4n) is 3.02. The number of non-ortho nitro benzene ring substituents is 1. The van der Waals surface area contributed by atoms with Gasteiger partial charge in [-0.15, -0.1) is 11.3 Å². The van der Waals surface area contributed by atoms with Crippen LogP contribution in [0.15, 0.2) is 51.7 Å². The Balaban J connectivity index is 1.59. The number of rotatable bonds is 5. The lowest BCUT2D eigenvalue weighted by molar-refractivity contribution is -0.384. The highest BCUT2D eigenvalue weighted by atomic mass is 32.1. The Kier molecular flexibility index (Phi) is 4.63. The number of carbonyl (C=O) groups is 1. The van der Waals surface area contributed by atoms with E-state index in [-0.39, 0.29) is 29.8 Å². The van der Waals surface area contributed by atoms with Crippen molar-refractivity contribution in [3.63, 3.8) is 0 Å². The van der Waals surface area contributed by atoms with Gasteiger partial charge in [-0.1, -0.05) is 12.1 Å². The molecule has 0 aliphatic heterocycles. The molecule has 0 saturated heterocycles. The van der Waals surface area contributed by atoms with Crippen LogP contribution in [0.25, 0.3) is 21.3 Å². The van der Waals surface area contributed by atoms with Gasteiger partial charge in [0.25, 0.3) is 5.69 Å². The zero-order valence-electron chi connectivity index (χ0n) is 15.6. The molecule has 4 aromatic rings. The monoisotopic (exact) mass is 412 g/mol. The van der Waals surface area contributed by atoms with Crippen molar-refractivity contribution in [1.29, 1.82) is 0 Å². The van der Waals surface area contributed by atoms with Crippen molar-refractivity contribution in [2.24, 2.45) is 0 Å². The maximum absolute atomic E-state index is 12.8. The van der Waals surface area contributed by atoms with Crippen molar-refractivity contribution >= 4 is 44.2 Å². The minimum Gasteiger partial charge on any atom is -0.407 e. The lowest BCUT2D eigenvalue weighted by Gasteiger charge is -2.23. The van der Waals surface area contributed by atoms with Gasteiger partial charge in [-0.2, -0.15) is 0 Å². The number of nitro groups is 1. The zero-order chi connectivity index (χ0) is 20.7. The molecule has 0 bridgehead atoms. The summed E-state index contributed by atoms with van der Waals surface area (Å²) in [6.07, 6.45) is 0. The second-order valence-corrected chi connectivity index (χ2v) is 7.63. The van der Waals surface area contributed by atoms with Crippen LogP contribution in [0, 0.1) is 10.1 Å². The summed E-state index contributed by atoms with van der Waals surface area (Å²) in [5.74, 6) is -1.05. The molecule has 0 fully saturated rings. The van der Waals surface area contributed by atoms with Gasteiger partial charge in [0.15, 0.2) is 5.58 Å². The number of aromatic nitrogens is 2. The second kappa shape index (κ2) is 7.13. The van der Waals surface area contributed by atoms with E-state index in [1.54, 1.807) is 7.05 Å². The summed E-state index contributed by atoms with van der Waals surface area (Å²) in [7, 11) is 1.65. The van der Waals surface area contributed by atoms with Gasteiger partial charge < -0.3 is 9.32 Å². The standard InChI is InChI=1S/C19H16N4O5S/c1-11(18-20-13-5-3-4-6-16(13)29-18)21(2)17(24)10-22-14-8-7-12(23(26)27)9-15(14)28-19(22)25/h3-9,11H,10H2,1-2H3/t11-/m1/s1. The van der Waals surface area contributed by atoms with Crippen molar-refractivity contribution in [1.82, 2.24) is 14.5 Å². The molecule has 2 aromatic heterocycles. The highest BCUT2D eigenvalue weighted by Crippen LogP contribution is 2.29. The lowest BCUT2D eigenvalue weighted by Crippen LogP contribution is -2.34. The Labute approximate surface area is 167 Å². The molecule has 1 atom stereocenters. The Bertz CT molecular complexity index is 1270. The summed E-state index contributed by atoms with van der Waals surface area (Å²) in [5, 5.41) is 11.7. The molecule has 0 spiro atoms. The van der Waals surface area contributed by atoms with E-state index < -0.39 is 10.7 Å². The average Bonchev–Trinajstić information content (AvgIpc) is 3.27. The smallest absolute Gasteiger partial charge is 0.407 e. The first-order valence-electron chi connectivity index (χ1n) is 8.74. The predicted octanol–water partition coefficient (Wildman–Crippen LogP) is 3.33. The van der Waals surface area contributed by atoms with Gasteiger partial charge in [0.05, 0.1) is 32.8 Å². The third-order valence-electron chi connectivity index (χ3n) is 4.80. The van der Waals surface area contributed by atoms with Gasteiger partial charge in [-0.05, 0) is 25.1 Å². The van der Waals surface area contributed by atoms with Gasteiger partial charge in [-0.3, -0.25) is 19.5 Å². The molecule has 148 valence electrons. The molecule has 29 heavy (non-hydrogen) atoms. The summed E-state index contributed by atoms with van der Waals surface area (Å²) in [5.41, 5.74) is 1.08. The minimum absolute atomic E-state index is 0.0684. The second-order valence-electron chi connectivity index (χ2n) is 6.56. The molecule has 10 heteroatoms. The fourth-order valence-corrected chi connectivity index (χ4v) is 4.08. The third-order valence-corrected chi connectivity index (χ3v) is 6.00. The number of likely N-dealkylation sites (N-methyl/N-ethyl adjacent to an activating group) is 1. The van der Waals surface area contributed by atoms with Crippen molar-refractivity contribution in [2.75, 3.05) is 7.05 Å². The Morgan fingerprint density at radius 1 is 1.34 bits per heavy atom. The molecule has 0 radical (unpaired) electrons. The van der Waals surface area contributed by atoms with Gasteiger partial charge in [0, 0.05) is 13.1 Å². The molecular formula is C19H16N4O5S. The van der Waals surface area contributed by atoms with Gasteiger partial charge >= 0.3 is 5.76 Å². The van der Waals surface area contributed by atoms with E-state index in [4.69, 9.17) is 4.42 Å². The molecule has 0 N–H and O–H groups in total. The number of fused-ring (bicyclic) bond motifs is 2. The van der Waals surface area contributed by atoms with Crippen LogP contribution in [0.3, 0.4) is 0 Å². The van der Waals surface area contributed by atoms with Crippen LogP contribution in [0.2, 0.25) is 0 Å². The van der Waals surface area contributed by atoms with E-state index in [1.807, 2.05) is 31.2 Å². The van der Waals surface area contributed by atoms with Crippen molar-refractivity contribution in [3.05, 3.63) is 68.1 Å². The first-order chi connectivity index (χ1) is 13.8. The molecule has 0 unspecified atom stereocenters. The molecule has 9 nitrogen and oxygen atoms in total. The van der Waals surface area contributed by atoms with E-state index >= 15 is 0 Å². The molecule has 2 heterocycles. The number of amides is 1. The van der Waals surface area contributed by atoms with Crippen molar-refractivity contribution in [2.45, 2.75) is 19.5 Å². The summed E-state index contributed by atoms with van der Waals surface area (Å²) in [6, 6.07) is 11.3. The summed E-state index contributed by atoms with van der Waals surface area (Å²) >= 11 is 1.51. The maximum Gasteiger partial charge on any atom is 0.420 e. The van der Waals surface area contributed by atoms with Crippen LogP contribution in [0.5, 0.6) is 0 Å². The third kappa shape index (κ3) is 3.38. The van der Waals surface area contributed by atoms with Crippen LogP contribution in [0.1, 0.15) is 18.0 Å². The first kappa shape index (κ1) is 18.8. The maximum atomic E-state index is 12.8. The predicted molar refractivity (Wildman–Crippen MR) is 108 cm³/mol. The quantitative estimate of drug-likeness (QED) is 0.367. The molecule has 2 aromatic carbocycles. The van der Waals surface area contributed by atoms with Crippen molar-refractivity contribution < 1.29 is 14.1 Å². The Hall–Kier alpha value is -3.53. The minimum atomic E-state index is -0.741. The number of para-hydroxylation sites is 1. The van der Waals surface area contributed by atoms with E-state index in [0.717, 1.165) is 15.2 Å². The molecule has 0 aliphatic rings. The number of thiazole rings is 1. The lowest BCUT2D eigenvalue weighted by atomic mass is 10.2. The fraction of sp³-hybridized carbons (Fsp3) is 0.211. The number of nitro benzene ring substituents is 1. The van der Waals surface area contributed by atoms with Gasteiger partial charge in [0.2, 0.25) is 5.91 Å². The Morgan fingerprint density at radius 3 is 2.83 bits per heavy atom. The van der Waals surface area contributed by atoms with Gasteiger partial charge in [0.1, 0.15) is 11.6 Å². The zero-order valence-corrected chi connectivity index (χ0v) is 16.4. The van der Waals surface area contributed by atoms with Crippen LogP contribution in [0.4, 0.5) is 5.69 Å². The SMILES string of the molecule is C[C@H](c1nc2ccccc2s1)N(C)C(=O)Cn1c(=O)oc2cc([N+](=O)[O-])ccc21. The van der Waals surface area contributed by atoms with E-state index in [9.17, 15) is 19.7 Å². The molecule has 1 amide bonds. The number of hydrogen-bond donors (Lipinski definition) is 0. The highest BCUT2D eigenvalue weighted by molar-refractivity contribution is 7.18. The summed E-state index contributed by atoms with van der Waals surface area (Å²) in [6.45, 7) is 1.63. The van der Waals surface area contributed by atoms with Crippen molar-refractivity contribution in [3.8, 4) is 0 Å². The van der Waals surface area contributed by atoms with E-state index in [0.29, 0.717) is 5.52 Å². The summed E-state index contributed by atoms with van der Waals surface area (Å²) < 4.78 is 7.28. The largest absolute Gasteiger partial charge is 0.420 e. The summed E-state index contributed by atoms with van der Waals surface area (Å²) in [4.78, 5) is 41.4. The molecule has 0 aliphatic carbocycles. The van der Waals surface area contributed by atoms with Gasteiger partial charge in [-0.25, -0.2) is 9.78 Å². The van der Waals surface area contributed by atoms with E-state index in [1.165, 1.54) is 39.0 Å². The van der Waals surface area contributed by atoms with E-state index in [2.05, 4.69) is 4.98 Å². The number of benzene rings is 2.